The standard InChI is InChI=1S/C10H15NO2/c1-3-9-5-7-11(8-6-9)10(12)13-4-2/h3,5H,1,4,6-8H2,2H3. The minimum absolute atomic E-state index is 0.220. The third-order valence-corrected chi connectivity index (χ3v) is 2.03. The van der Waals surface area contributed by atoms with E-state index in [1.54, 1.807) is 4.90 Å². The molecule has 0 saturated heterocycles. The van der Waals surface area contributed by atoms with Crippen molar-refractivity contribution >= 4 is 6.09 Å². The lowest BCUT2D eigenvalue weighted by molar-refractivity contribution is 0.110. The number of carbonyl (C=O) groups excluding carboxylic acids is 1. The van der Waals surface area contributed by atoms with Gasteiger partial charge in [-0.25, -0.2) is 4.79 Å². The lowest BCUT2D eigenvalue weighted by atomic mass is 10.1. The average Bonchev–Trinajstić information content (AvgIpc) is 2.18. The molecule has 1 aliphatic rings. The SMILES string of the molecule is C=CC1=CCN(C(=O)OCC)CC1. The Hall–Kier alpha value is -1.25. The first kappa shape index (κ1) is 9.84. The number of allylic oxidation sites excluding steroid dienone is 1. The highest BCUT2D eigenvalue weighted by atomic mass is 16.6. The second-order valence-electron chi connectivity index (χ2n) is 2.88. The summed E-state index contributed by atoms with van der Waals surface area (Å²) in [4.78, 5) is 12.9. The Balaban J connectivity index is 2.45. The van der Waals surface area contributed by atoms with Crippen LogP contribution in [0.25, 0.3) is 0 Å². The molecule has 0 aromatic heterocycles. The summed E-state index contributed by atoms with van der Waals surface area (Å²) in [5.41, 5.74) is 1.21. The van der Waals surface area contributed by atoms with E-state index in [1.807, 2.05) is 19.1 Å². The van der Waals surface area contributed by atoms with Crippen LogP contribution in [0.1, 0.15) is 13.3 Å². The van der Waals surface area contributed by atoms with Gasteiger partial charge in [-0.1, -0.05) is 18.7 Å². The first-order chi connectivity index (χ1) is 6.27. The summed E-state index contributed by atoms with van der Waals surface area (Å²) in [6, 6.07) is 0. The molecule has 0 N–H and O–H groups in total. The van der Waals surface area contributed by atoms with E-state index in [0.717, 1.165) is 13.0 Å². The van der Waals surface area contributed by atoms with Crippen molar-refractivity contribution in [2.75, 3.05) is 19.7 Å². The average molecular weight is 181 g/mol. The van der Waals surface area contributed by atoms with Crippen LogP contribution in [-0.4, -0.2) is 30.7 Å². The molecule has 1 amide bonds. The summed E-state index contributed by atoms with van der Waals surface area (Å²) >= 11 is 0. The van der Waals surface area contributed by atoms with Crippen LogP contribution in [0.3, 0.4) is 0 Å². The van der Waals surface area contributed by atoms with Gasteiger partial charge in [0.1, 0.15) is 0 Å². The first-order valence-corrected chi connectivity index (χ1v) is 4.51. The molecule has 3 heteroatoms. The second-order valence-corrected chi connectivity index (χ2v) is 2.88. The van der Waals surface area contributed by atoms with E-state index in [1.165, 1.54) is 5.57 Å². The van der Waals surface area contributed by atoms with Gasteiger partial charge in [0.15, 0.2) is 0 Å². The van der Waals surface area contributed by atoms with Gasteiger partial charge in [0.05, 0.1) is 6.61 Å². The third kappa shape index (κ3) is 2.61. The van der Waals surface area contributed by atoms with Crippen molar-refractivity contribution in [3.8, 4) is 0 Å². The highest BCUT2D eigenvalue weighted by molar-refractivity contribution is 5.68. The summed E-state index contributed by atoms with van der Waals surface area (Å²) in [5, 5.41) is 0. The van der Waals surface area contributed by atoms with Crippen LogP contribution in [0.5, 0.6) is 0 Å². The monoisotopic (exact) mass is 181 g/mol. The maximum absolute atomic E-state index is 11.2. The Morgan fingerprint density at radius 2 is 2.62 bits per heavy atom. The Morgan fingerprint density at radius 3 is 3.08 bits per heavy atom. The predicted octanol–water partition coefficient (Wildman–Crippen LogP) is 1.96. The fraction of sp³-hybridized carbons (Fsp3) is 0.500. The Morgan fingerprint density at radius 1 is 1.85 bits per heavy atom. The van der Waals surface area contributed by atoms with Crippen molar-refractivity contribution in [2.45, 2.75) is 13.3 Å². The highest BCUT2D eigenvalue weighted by Crippen LogP contribution is 2.11. The number of ether oxygens (including phenoxy) is 1. The zero-order valence-corrected chi connectivity index (χ0v) is 7.95. The summed E-state index contributed by atoms with van der Waals surface area (Å²) in [6.45, 7) is 7.31. The molecule has 0 bridgehead atoms. The molecule has 0 spiro atoms. The molecular weight excluding hydrogens is 166 g/mol. The minimum atomic E-state index is -0.220. The summed E-state index contributed by atoms with van der Waals surface area (Å²) in [5.74, 6) is 0. The zero-order chi connectivity index (χ0) is 9.68. The van der Waals surface area contributed by atoms with Crippen LogP contribution >= 0.6 is 0 Å². The van der Waals surface area contributed by atoms with Crippen LogP contribution in [0, 0.1) is 0 Å². The smallest absolute Gasteiger partial charge is 0.410 e. The lowest BCUT2D eigenvalue weighted by Gasteiger charge is -2.24. The molecule has 0 aromatic carbocycles. The number of nitrogens with zero attached hydrogens (tertiary/aromatic N) is 1. The maximum Gasteiger partial charge on any atom is 0.410 e. The number of hydrogen-bond donors (Lipinski definition) is 0. The molecule has 0 atom stereocenters. The van der Waals surface area contributed by atoms with Crippen LogP contribution in [-0.2, 0) is 4.74 Å². The molecule has 0 fully saturated rings. The molecule has 0 aliphatic carbocycles. The molecule has 1 aliphatic heterocycles. The van der Waals surface area contributed by atoms with Gasteiger partial charge in [0.25, 0.3) is 0 Å². The third-order valence-electron chi connectivity index (χ3n) is 2.03. The molecule has 0 saturated carbocycles. The van der Waals surface area contributed by atoms with Gasteiger partial charge in [-0.3, -0.25) is 0 Å². The van der Waals surface area contributed by atoms with E-state index in [-0.39, 0.29) is 6.09 Å². The molecule has 72 valence electrons. The van der Waals surface area contributed by atoms with Crippen molar-refractivity contribution in [3.05, 3.63) is 24.3 Å². The fourth-order valence-electron chi connectivity index (χ4n) is 1.25. The molecular formula is C10H15NO2. The van der Waals surface area contributed by atoms with E-state index < -0.39 is 0 Å². The highest BCUT2D eigenvalue weighted by Gasteiger charge is 2.16. The molecule has 13 heavy (non-hydrogen) atoms. The number of rotatable bonds is 2. The Bertz CT molecular complexity index is 233. The minimum Gasteiger partial charge on any atom is -0.450 e. The van der Waals surface area contributed by atoms with Crippen LogP contribution < -0.4 is 0 Å². The topological polar surface area (TPSA) is 29.5 Å². The second kappa shape index (κ2) is 4.70. The van der Waals surface area contributed by atoms with Gasteiger partial charge >= 0.3 is 6.09 Å². The van der Waals surface area contributed by atoms with Gasteiger partial charge in [-0.05, 0) is 18.9 Å². The van der Waals surface area contributed by atoms with E-state index in [4.69, 9.17) is 4.74 Å². The number of amides is 1. The zero-order valence-electron chi connectivity index (χ0n) is 7.95. The Labute approximate surface area is 78.7 Å². The van der Waals surface area contributed by atoms with Gasteiger partial charge in [0, 0.05) is 13.1 Å². The molecule has 0 radical (unpaired) electrons. The van der Waals surface area contributed by atoms with E-state index >= 15 is 0 Å². The summed E-state index contributed by atoms with van der Waals surface area (Å²) in [7, 11) is 0. The lowest BCUT2D eigenvalue weighted by Crippen LogP contribution is -2.35. The van der Waals surface area contributed by atoms with E-state index in [0.29, 0.717) is 13.2 Å². The molecule has 0 unspecified atom stereocenters. The van der Waals surface area contributed by atoms with Gasteiger partial charge in [-0.2, -0.15) is 0 Å². The summed E-state index contributed by atoms with van der Waals surface area (Å²) in [6.07, 6.45) is 4.50. The van der Waals surface area contributed by atoms with E-state index in [9.17, 15) is 4.79 Å². The van der Waals surface area contributed by atoms with Gasteiger partial charge in [0.2, 0.25) is 0 Å². The predicted molar refractivity (Wildman–Crippen MR) is 51.5 cm³/mol. The van der Waals surface area contributed by atoms with Crippen LogP contribution in [0.15, 0.2) is 24.3 Å². The van der Waals surface area contributed by atoms with Crippen molar-refractivity contribution in [2.24, 2.45) is 0 Å². The largest absolute Gasteiger partial charge is 0.450 e. The van der Waals surface area contributed by atoms with Crippen molar-refractivity contribution < 1.29 is 9.53 Å². The van der Waals surface area contributed by atoms with Gasteiger partial charge < -0.3 is 9.64 Å². The molecule has 1 rings (SSSR count). The van der Waals surface area contributed by atoms with Gasteiger partial charge in [-0.15, -0.1) is 0 Å². The maximum atomic E-state index is 11.2. The molecule has 0 aromatic rings. The Kier molecular flexibility index (Phi) is 3.55. The van der Waals surface area contributed by atoms with E-state index in [2.05, 4.69) is 6.58 Å². The quantitative estimate of drug-likeness (QED) is 0.651. The number of carbonyl (C=O) groups is 1. The first-order valence-electron chi connectivity index (χ1n) is 4.51. The summed E-state index contributed by atoms with van der Waals surface area (Å²) < 4.78 is 4.88. The van der Waals surface area contributed by atoms with Crippen molar-refractivity contribution in [1.82, 2.24) is 4.90 Å². The molecule has 1 heterocycles. The van der Waals surface area contributed by atoms with Crippen molar-refractivity contribution in [1.29, 1.82) is 0 Å². The van der Waals surface area contributed by atoms with Crippen LogP contribution in [0.4, 0.5) is 4.79 Å². The number of hydrogen-bond acceptors (Lipinski definition) is 2. The van der Waals surface area contributed by atoms with Crippen molar-refractivity contribution in [3.63, 3.8) is 0 Å². The molecule has 3 nitrogen and oxygen atoms in total. The van der Waals surface area contributed by atoms with Crippen LogP contribution in [0.2, 0.25) is 0 Å². The fourth-order valence-corrected chi connectivity index (χ4v) is 1.25. The normalized spacial score (nSPS) is 16.4.